The largest absolute Gasteiger partial charge is 0.314 e. The highest BCUT2D eigenvalue weighted by molar-refractivity contribution is 4.94. The summed E-state index contributed by atoms with van der Waals surface area (Å²) in [7, 11) is 0. The third-order valence-electron chi connectivity index (χ3n) is 2.30. The third-order valence-corrected chi connectivity index (χ3v) is 2.30. The van der Waals surface area contributed by atoms with E-state index >= 15 is 0 Å². The van der Waals surface area contributed by atoms with Gasteiger partial charge in [-0.3, -0.25) is 0 Å². The summed E-state index contributed by atoms with van der Waals surface area (Å²) in [4.78, 5) is 0. The van der Waals surface area contributed by atoms with E-state index in [9.17, 15) is 17.6 Å². The van der Waals surface area contributed by atoms with Crippen LogP contribution in [0.15, 0.2) is 0 Å². The first kappa shape index (κ1) is 10.7. The fourth-order valence-corrected chi connectivity index (χ4v) is 1.39. The highest BCUT2D eigenvalue weighted by Crippen LogP contribution is 2.42. The van der Waals surface area contributed by atoms with Crippen LogP contribution < -0.4 is 5.73 Å². The summed E-state index contributed by atoms with van der Waals surface area (Å²) in [5.41, 5.74) is 2.66. The molecule has 0 spiro atoms. The summed E-state index contributed by atoms with van der Waals surface area (Å²) in [6, 6.07) is 0. The Morgan fingerprint density at radius 2 is 1.77 bits per heavy atom. The molecule has 0 bridgehead atoms. The van der Waals surface area contributed by atoms with Gasteiger partial charge < -0.3 is 10.9 Å². The SMILES string of the molecule is NC1CC(C(F)F)(C(F)F)CN1O. The van der Waals surface area contributed by atoms with Crippen molar-refractivity contribution in [1.29, 1.82) is 0 Å². The van der Waals surface area contributed by atoms with Crippen molar-refractivity contribution >= 4 is 0 Å². The summed E-state index contributed by atoms with van der Waals surface area (Å²) in [6.07, 6.45) is -8.10. The van der Waals surface area contributed by atoms with E-state index in [1.807, 2.05) is 0 Å². The minimum Gasteiger partial charge on any atom is -0.314 e. The fraction of sp³-hybridized carbons (Fsp3) is 1.00. The van der Waals surface area contributed by atoms with Crippen molar-refractivity contribution in [2.24, 2.45) is 11.1 Å². The maximum atomic E-state index is 12.3. The number of hydroxylamine groups is 2. The molecule has 1 aliphatic rings. The zero-order valence-corrected chi connectivity index (χ0v) is 6.63. The van der Waals surface area contributed by atoms with Crippen LogP contribution in [0, 0.1) is 5.41 Å². The predicted octanol–water partition coefficient (Wildman–Crippen LogP) is 0.883. The van der Waals surface area contributed by atoms with Crippen molar-refractivity contribution in [2.45, 2.75) is 25.4 Å². The predicted molar refractivity (Wildman–Crippen MR) is 35.5 cm³/mol. The Balaban J connectivity index is 2.83. The molecule has 0 saturated carbocycles. The molecule has 0 aromatic rings. The second-order valence-corrected chi connectivity index (χ2v) is 3.20. The first-order valence-electron chi connectivity index (χ1n) is 3.67. The zero-order chi connectivity index (χ0) is 10.2. The molecule has 0 aliphatic carbocycles. The average Bonchev–Trinajstić information content (AvgIpc) is 2.29. The topological polar surface area (TPSA) is 49.5 Å². The molecule has 0 amide bonds. The maximum Gasteiger partial charge on any atom is 0.251 e. The quantitative estimate of drug-likeness (QED) is 0.653. The van der Waals surface area contributed by atoms with Gasteiger partial charge in [0.1, 0.15) is 5.41 Å². The van der Waals surface area contributed by atoms with Crippen LogP contribution in [0.5, 0.6) is 0 Å². The first-order chi connectivity index (χ1) is 5.90. The molecule has 0 aromatic heterocycles. The van der Waals surface area contributed by atoms with E-state index in [2.05, 4.69) is 0 Å². The summed E-state index contributed by atoms with van der Waals surface area (Å²) < 4.78 is 49.3. The molecule has 1 fully saturated rings. The van der Waals surface area contributed by atoms with Gasteiger partial charge in [-0.2, -0.15) is 5.06 Å². The van der Waals surface area contributed by atoms with Gasteiger partial charge in [-0.1, -0.05) is 0 Å². The lowest BCUT2D eigenvalue weighted by Crippen LogP contribution is -2.39. The molecule has 7 heteroatoms. The molecule has 0 radical (unpaired) electrons. The summed E-state index contributed by atoms with van der Waals surface area (Å²) in [5.74, 6) is 0. The van der Waals surface area contributed by atoms with Gasteiger partial charge in [-0.25, -0.2) is 17.6 Å². The number of nitrogens with two attached hydrogens (primary N) is 1. The van der Waals surface area contributed by atoms with Crippen LogP contribution in [0.3, 0.4) is 0 Å². The Morgan fingerprint density at radius 1 is 1.31 bits per heavy atom. The van der Waals surface area contributed by atoms with Gasteiger partial charge in [0, 0.05) is 6.54 Å². The van der Waals surface area contributed by atoms with Gasteiger partial charge in [-0.05, 0) is 6.42 Å². The van der Waals surface area contributed by atoms with E-state index in [4.69, 9.17) is 10.9 Å². The molecule has 0 aromatic carbocycles. The van der Waals surface area contributed by atoms with E-state index in [0.29, 0.717) is 5.06 Å². The van der Waals surface area contributed by atoms with Crippen LogP contribution in [0.25, 0.3) is 0 Å². The minimum atomic E-state index is -3.18. The van der Waals surface area contributed by atoms with E-state index < -0.39 is 37.4 Å². The summed E-state index contributed by atoms with van der Waals surface area (Å²) >= 11 is 0. The smallest absolute Gasteiger partial charge is 0.251 e. The second-order valence-electron chi connectivity index (χ2n) is 3.20. The number of rotatable bonds is 2. The summed E-state index contributed by atoms with van der Waals surface area (Å²) in [5, 5.41) is 9.20. The second kappa shape index (κ2) is 3.39. The number of halogens is 4. The lowest BCUT2D eigenvalue weighted by Gasteiger charge is -2.25. The van der Waals surface area contributed by atoms with Crippen molar-refractivity contribution in [1.82, 2.24) is 5.06 Å². The molecule has 1 atom stereocenters. The Hall–Kier alpha value is -0.400. The molecule has 1 unspecified atom stereocenters. The zero-order valence-electron chi connectivity index (χ0n) is 6.63. The lowest BCUT2D eigenvalue weighted by atomic mass is 9.87. The van der Waals surface area contributed by atoms with Crippen LogP contribution in [0.1, 0.15) is 6.42 Å². The van der Waals surface area contributed by atoms with E-state index in [0.717, 1.165) is 0 Å². The van der Waals surface area contributed by atoms with Crippen LogP contribution in [-0.2, 0) is 0 Å². The molecule has 1 aliphatic heterocycles. The van der Waals surface area contributed by atoms with Crippen molar-refractivity contribution in [3.05, 3.63) is 0 Å². The Morgan fingerprint density at radius 3 is 1.92 bits per heavy atom. The van der Waals surface area contributed by atoms with Crippen LogP contribution >= 0.6 is 0 Å². The molecule has 1 heterocycles. The number of hydrogen-bond donors (Lipinski definition) is 2. The van der Waals surface area contributed by atoms with E-state index in [1.165, 1.54) is 0 Å². The van der Waals surface area contributed by atoms with Gasteiger partial charge in [-0.15, -0.1) is 0 Å². The van der Waals surface area contributed by atoms with Gasteiger partial charge in [0.25, 0.3) is 12.9 Å². The van der Waals surface area contributed by atoms with E-state index in [1.54, 1.807) is 0 Å². The maximum absolute atomic E-state index is 12.3. The first-order valence-corrected chi connectivity index (χ1v) is 3.67. The molecule has 3 N–H and O–H groups in total. The summed E-state index contributed by atoms with van der Waals surface area (Å²) in [6.45, 7) is -0.788. The van der Waals surface area contributed by atoms with Crippen molar-refractivity contribution in [3.63, 3.8) is 0 Å². The third kappa shape index (κ3) is 1.63. The highest BCUT2D eigenvalue weighted by atomic mass is 19.3. The molecular weight excluding hydrogens is 192 g/mol. The molecule has 1 saturated heterocycles. The van der Waals surface area contributed by atoms with E-state index in [-0.39, 0.29) is 0 Å². The van der Waals surface area contributed by atoms with Crippen LogP contribution in [0.4, 0.5) is 17.6 Å². The van der Waals surface area contributed by atoms with Gasteiger partial charge >= 0.3 is 0 Å². The Kier molecular flexibility index (Phi) is 2.79. The molecule has 1 rings (SSSR count). The van der Waals surface area contributed by atoms with Gasteiger partial charge in [0.15, 0.2) is 0 Å². The van der Waals surface area contributed by atoms with Gasteiger partial charge in [0.05, 0.1) is 6.17 Å². The standard InChI is InChI=1S/C6H10F4N2O/c7-4(8)6(5(9)10)1-3(11)12(13)2-6/h3-5,13H,1-2,11H2. The van der Waals surface area contributed by atoms with Crippen molar-refractivity contribution in [2.75, 3.05) is 6.54 Å². The Labute approximate surface area is 72.1 Å². The number of alkyl halides is 4. The number of hydrogen-bond acceptors (Lipinski definition) is 3. The number of nitrogens with zero attached hydrogens (tertiary/aromatic N) is 1. The molecular formula is C6H10F4N2O. The molecule has 78 valence electrons. The van der Waals surface area contributed by atoms with Crippen molar-refractivity contribution in [3.8, 4) is 0 Å². The van der Waals surface area contributed by atoms with Gasteiger partial charge in [0.2, 0.25) is 0 Å². The normalized spacial score (nSPS) is 29.1. The molecule has 13 heavy (non-hydrogen) atoms. The Bertz CT molecular complexity index is 169. The molecule has 3 nitrogen and oxygen atoms in total. The lowest BCUT2D eigenvalue weighted by molar-refractivity contribution is -0.143. The average molecular weight is 202 g/mol. The van der Waals surface area contributed by atoms with Crippen LogP contribution in [0.2, 0.25) is 0 Å². The minimum absolute atomic E-state index is 0.332. The fourth-order valence-electron chi connectivity index (χ4n) is 1.39. The van der Waals surface area contributed by atoms with Crippen molar-refractivity contribution < 1.29 is 22.8 Å². The van der Waals surface area contributed by atoms with Crippen LogP contribution in [-0.4, -0.2) is 35.8 Å². The highest BCUT2D eigenvalue weighted by Gasteiger charge is 2.55. The monoisotopic (exact) mass is 202 g/mol.